The topological polar surface area (TPSA) is 49.4 Å². The summed E-state index contributed by atoms with van der Waals surface area (Å²) in [6.45, 7) is 7.60. The second kappa shape index (κ2) is 5.03. The standard InChI is InChI=1S/C15H20N2O2/c1-5-12-14(18)16-11(4)15(19)17(12)13-8-9(2)6-7-10(13)3/h6-8,11-12H,5H2,1-4H3,(H,16,18). The van der Waals surface area contributed by atoms with E-state index in [1.165, 1.54) is 0 Å². The molecule has 0 saturated carbocycles. The predicted molar refractivity (Wildman–Crippen MR) is 75.1 cm³/mol. The number of carbonyl (C=O) groups is 2. The number of anilines is 1. The minimum Gasteiger partial charge on any atom is -0.343 e. The molecule has 102 valence electrons. The minimum atomic E-state index is -0.463. The summed E-state index contributed by atoms with van der Waals surface area (Å²) >= 11 is 0. The number of nitrogens with zero attached hydrogens (tertiary/aromatic N) is 1. The second-order valence-electron chi connectivity index (χ2n) is 5.15. The summed E-state index contributed by atoms with van der Waals surface area (Å²) in [6.07, 6.45) is 0.609. The molecular weight excluding hydrogens is 240 g/mol. The molecule has 1 saturated heterocycles. The van der Waals surface area contributed by atoms with Gasteiger partial charge < -0.3 is 5.32 Å². The first kappa shape index (κ1) is 13.6. The van der Waals surface area contributed by atoms with Crippen LogP contribution in [0.2, 0.25) is 0 Å². The number of amides is 2. The maximum absolute atomic E-state index is 12.4. The SMILES string of the molecule is CCC1C(=O)NC(C)C(=O)N1c1cc(C)ccc1C. The molecule has 0 aromatic heterocycles. The number of carbonyl (C=O) groups excluding carboxylic acids is 2. The van der Waals surface area contributed by atoms with Gasteiger partial charge in [0.2, 0.25) is 11.8 Å². The molecule has 1 aromatic carbocycles. The first-order valence-corrected chi connectivity index (χ1v) is 6.66. The molecule has 0 radical (unpaired) electrons. The quantitative estimate of drug-likeness (QED) is 0.883. The van der Waals surface area contributed by atoms with Crippen LogP contribution in [0.4, 0.5) is 5.69 Å². The number of rotatable bonds is 2. The van der Waals surface area contributed by atoms with Crippen LogP contribution in [0.5, 0.6) is 0 Å². The molecule has 2 amide bonds. The Morgan fingerprint density at radius 1 is 1.26 bits per heavy atom. The highest BCUT2D eigenvalue weighted by Gasteiger charge is 2.38. The van der Waals surface area contributed by atoms with E-state index in [0.717, 1.165) is 16.8 Å². The number of piperazine rings is 1. The number of nitrogens with one attached hydrogen (secondary N) is 1. The van der Waals surface area contributed by atoms with Gasteiger partial charge >= 0.3 is 0 Å². The number of hydrogen-bond acceptors (Lipinski definition) is 2. The number of benzene rings is 1. The molecule has 4 heteroatoms. The lowest BCUT2D eigenvalue weighted by Crippen LogP contribution is -2.62. The average Bonchev–Trinajstić information content (AvgIpc) is 2.36. The Morgan fingerprint density at radius 2 is 1.95 bits per heavy atom. The van der Waals surface area contributed by atoms with Gasteiger partial charge in [-0.25, -0.2) is 0 Å². The highest BCUT2D eigenvalue weighted by atomic mass is 16.2. The molecule has 0 bridgehead atoms. The maximum atomic E-state index is 12.4. The monoisotopic (exact) mass is 260 g/mol. The van der Waals surface area contributed by atoms with E-state index in [4.69, 9.17) is 0 Å². The molecule has 1 N–H and O–H groups in total. The lowest BCUT2D eigenvalue weighted by atomic mass is 10.0. The maximum Gasteiger partial charge on any atom is 0.250 e. The summed E-state index contributed by atoms with van der Waals surface area (Å²) in [7, 11) is 0. The van der Waals surface area contributed by atoms with E-state index in [-0.39, 0.29) is 11.8 Å². The van der Waals surface area contributed by atoms with E-state index in [2.05, 4.69) is 5.32 Å². The van der Waals surface area contributed by atoms with Gasteiger partial charge in [0.1, 0.15) is 12.1 Å². The van der Waals surface area contributed by atoms with Crippen LogP contribution in [0.25, 0.3) is 0 Å². The molecule has 4 nitrogen and oxygen atoms in total. The van der Waals surface area contributed by atoms with Crippen LogP contribution in [-0.4, -0.2) is 23.9 Å². The largest absolute Gasteiger partial charge is 0.343 e. The third kappa shape index (κ3) is 2.35. The van der Waals surface area contributed by atoms with Crippen LogP contribution in [-0.2, 0) is 9.59 Å². The highest BCUT2D eigenvalue weighted by molar-refractivity contribution is 6.08. The number of hydrogen-bond donors (Lipinski definition) is 1. The van der Waals surface area contributed by atoms with E-state index in [9.17, 15) is 9.59 Å². The van der Waals surface area contributed by atoms with Gasteiger partial charge in [0.15, 0.2) is 0 Å². The summed E-state index contributed by atoms with van der Waals surface area (Å²) < 4.78 is 0. The van der Waals surface area contributed by atoms with Crippen molar-refractivity contribution in [1.82, 2.24) is 5.32 Å². The molecule has 19 heavy (non-hydrogen) atoms. The minimum absolute atomic E-state index is 0.0415. The van der Waals surface area contributed by atoms with Gasteiger partial charge in [-0.2, -0.15) is 0 Å². The third-order valence-corrected chi connectivity index (χ3v) is 3.59. The van der Waals surface area contributed by atoms with Gasteiger partial charge in [-0.15, -0.1) is 0 Å². The fourth-order valence-corrected chi connectivity index (χ4v) is 2.48. The fraction of sp³-hybridized carbons (Fsp3) is 0.467. The molecule has 2 unspecified atom stereocenters. The van der Waals surface area contributed by atoms with Crippen LogP contribution >= 0.6 is 0 Å². The van der Waals surface area contributed by atoms with E-state index in [0.29, 0.717) is 6.42 Å². The van der Waals surface area contributed by atoms with Crippen molar-refractivity contribution in [2.75, 3.05) is 4.90 Å². The van der Waals surface area contributed by atoms with E-state index in [1.54, 1.807) is 11.8 Å². The van der Waals surface area contributed by atoms with Crippen LogP contribution < -0.4 is 10.2 Å². The molecule has 1 heterocycles. The van der Waals surface area contributed by atoms with Gasteiger partial charge in [0, 0.05) is 5.69 Å². The molecule has 2 rings (SSSR count). The Morgan fingerprint density at radius 3 is 2.58 bits per heavy atom. The first-order chi connectivity index (χ1) is 8.95. The average molecular weight is 260 g/mol. The van der Waals surface area contributed by atoms with Crippen LogP contribution in [0.3, 0.4) is 0 Å². The number of aryl methyl sites for hydroxylation is 2. The van der Waals surface area contributed by atoms with Gasteiger partial charge in [0.05, 0.1) is 0 Å². The molecular formula is C15H20N2O2. The Kier molecular flexibility index (Phi) is 3.60. The first-order valence-electron chi connectivity index (χ1n) is 6.66. The Balaban J connectivity index is 2.51. The zero-order valence-electron chi connectivity index (χ0n) is 11.9. The molecule has 1 aliphatic rings. The van der Waals surface area contributed by atoms with Gasteiger partial charge in [0.25, 0.3) is 0 Å². The zero-order valence-corrected chi connectivity index (χ0v) is 11.9. The van der Waals surface area contributed by atoms with E-state index < -0.39 is 12.1 Å². The molecule has 0 aliphatic carbocycles. The predicted octanol–water partition coefficient (Wildman–Crippen LogP) is 1.93. The van der Waals surface area contributed by atoms with Crippen molar-refractivity contribution in [2.45, 2.75) is 46.2 Å². The van der Waals surface area contributed by atoms with Crippen molar-refractivity contribution in [2.24, 2.45) is 0 Å². The molecule has 1 fully saturated rings. The van der Waals surface area contributed by atoms with Crippen molar-refractivity contribution in [3.63, 3.8) is 0 Å². The third-order valence-electron chi connectivity index (χ3n) is 3.59. The Hall–Kier alpha value is -1.84. The van der Waals surface area contributed by atoms with Crippen LogP contribution in [0.15, 0.2) is 18.2 Å². The van der Waals surface area contributed by atoms with E-state index >= 15 is 0 Å². The van der Waals surface area contributed by atoms with Crippen molar-refractivity contribution in [1.29, 1.82) is 0 Å². The zero-order chi connectivity index (χ0) is 14.2. The van der Waals surface area contributed by atoms with Crippen LogP contribution in [0.1, 0.15) is 31.4 Å². The Labute approximate surface area is 113 Å². The molecule has 1 aromatic rings. The van der Waals surface area contributed by atoms with Crippen molar-refractivity contribution >= 4 is 17.5 Å². The van der Waals surface area contributed by atoms with Gasteiger partial charge in [-0.05, 0) is 44.4 Å². The summed E-state index contributed by atoms with van der Waals surface area (Å²) in [6, 6.07) is 5.10. The molecule has 0 spiro atoms. The Bertz CT molecular complexity index is 525. The summed E-state index contributed by atoms with van der Waals surface area (Å²) in [5, 5.41) is 2.73. The van der Waals surface area contributed by atoms with Gasteiger partial charge in [-0.1, -0.05) is 19.1 Å². The van der Waals surface area contributed by atoms with Crippen molar-refractivity contribution < 1.29 is 9.59 Å². The van der Waals surface area contributed by atoms with Crippen LogP contribution in [0, 0.1) is 13.8 Å². The van der Waals surface area contributed by atoms with Crippen molar-refractivity contribution in [3.8, 4) is 0 Å². The molecule has 1 aliphatic heterocycles. The highest BCUT2D eigenvalue weighted by Crippen LogP contribution is 2.27. The van der Waals surface area contributed by atoms with Gasteiger partial charge in [-0.3, -0.25) is 14.5 Å². The lowest BCUT2D eigenvalue weighted by Gasteiger charge is -2.38. The summed E-state index contributed by atoms with van der Waals surface area (Å²) in [4.78, 5) is 26.1. The smallest absolute Gasteiger partial charge is 0.250 e. The van der Waals surface area contributed by atoms with E-state index in [1.807, 2.05) is 39.0 Å². The fourth-order valence-electron chi connectivity index (χ4n) is 2.48. The second-order valence-corrected chi connectivity index (χ2v) is 5.15. The molecule has 2 atom stereocenters. The summed E-state index contributed by atoms with van der Waals surface area (Å²) in [5.41, 5.74) is 2.94. The lowest BCUT2D eigenvalue weighted by molar-refractivity contribution is -0.133. The van der Waals surface area contributed by atoms with Crippen molar-refractivity contribution in [3.05, 3.63) is 29.3 Å². The normalized spacial score (nSPS) is 23.5. The summed E-state index contributed by atoms with van der Waals surface area (Å²) in [5.74, 6) is -0.115.